The first-order valence-electron chi connectivity index (χ1n) is 6.77. The zero-order valence-corrected chi connectivity index (χ0v) is 11.6. The maximum absolute atomic E-state index is 13.5. The zero-order valence-electron chi connectivity index (χ0n) is 11.6. The molecule has 1 amide bonds. The topological polar surface area (TPSA) is 66.6 Å². The molecule has 0 saturated carbocycles. The molecule has 3 aromatic rings. The number of halogens is 1. The lowest BCUT2D eigenvalue weighted by Gasteiger charge is -2.13. The molecule has 0 aliphatic heterocycles. The second-order valence-corrected chi connectivity index (χ2v) is 4.89. The van der Waals surface area contributed by atoms with E-state index in [2.05, 4.69) is 10.3 Å². The molecule has 2 N–H and O–H groups in total. The summed E-state index contributed by atoms with van der Waals surface area (Å²) in [6.45, 7) is -0.0653. The number of aliphatic hydroxyl groups is 1. The van der Waals surface area contributed by atoms with Gasteiger partial charge in [-0.2, -0.15) is 0 Å². The molecule has 2 aromatic heterocycles. The number of nitrogens with one attached hydrogen (secondary N) is 1. The number of aliphatic hydroxyl groups excluding tert-OH is 1. The van der Waals surface area contributed by atoms with E-state index in [-0.39, 0.29) is 18.0 Å². The van der Waals surface area contributed by atoms with Crippen molar-refractivity contribution >= 4 is 11.4 Å². The van der Waals surface area contributed by atoms with E-state index in [9.17, 15) is 14.3 Å². The number of hydrogen-bond acceptors (Lipinski definition) is 3. The van der Waals surface area contributed by atoms with Crippen LogP contribution in [0.25, 0.3) is 5.52 Å². The first-order chi connectivity index (χ1) is 10.6. The molecular weight excluding hydrogens is 285 g/mol. The first kappa shape index (κ1) is 14.2. The van der Waals surface area contributed by atoms with Gasteiger partial charge in [-0.3, -0.25) is 4.79 Å². The van der Waals surface area contributed by atoms with Gasteiger partial charge in [0.25, 0.3) is 5.91 Å². The summed E-state index contributed by atoms with van der Waals surface area (Å²) in [4.78, 5) is 16.1. The maximum Gasteiger partial charge on any atom is 0.251 e. The molecule has 0 fully saturated rings. The molecule has 5 nitrogen and oxygen atoms in total. The fraction of sp³-hybridized carbons (Fsp3) is 0.125. The molecule has 1 aromatic carbocycles. The number of aromatic nitrogens is 2. The fourth-order valence-corrected chi connectivity index (χ4v) is 2.21. The van der Waals surface area contributed by atoms with E-state index in [0.29, 0.717) is 5.56 Å². The molecule has 0 radical (unpaired) electrons. The van der Waals surface area contributed by atoms with Crippen LogP contribution in [0.2, 0.25) is 0 Å². The Hall–Kier alpha value is -2.73. The maximum atomic E-state index is 13.5. The van der Waals surface area contributed by atoms with Gasteiger partial charge in [0, 0.05) is 23.9 Å². The lowest BCUT2D eigenvalue weighted by atomic mass is 10.1. The molecule has 0 aliphatic rings. The van der Waals surface area contributed by atoms with Gasteiger partial charge in [0.2, 0.25) is 0 Å². The Kier molecular flexibility index (Phi) is 3.84. The highest BCUT2D eigenvalue weighted by atomic mass is 19.1. The van der Waals surface area contributed by atoms with Crippen molar-refractivity contribution < 1.29 is 14.3 Å². The highest BCUT2D eigenvalue weighted by Gasteiger charge is 2.14. The Morgan fingerprint density at radius 2 is 2.18 bits per heavy atom. The summed E-state index contributed by atoms with van der Waals surface area (Å²) in [5.41, 5.74) is 1.41. The number of nitrogens with zero attached hydrogens (tertiary/aromatic N) is 2. The predicted octanol–water partition coefficient (Wildman–Crippen LogP) is 1.94. The number of amides is 1. The van der Waals surface area contributed by atoms with Crippen LogP contribution in [-0.4, -0.2) is 26.9 Å². The van der Waals surface area contributed by atoms with Crippen LogP contribution in [0.5, 0.6) is 0 Å². The summed E-state index contributed by atoms with van der Waals surface area (Å²) in [7, 11) is 0. The summed E-state index contributed by atoms with van der Waals surface area (Å²) < 4.78 is 15.3. The Morgan fingerprint density at radius 3 is 3.00 bits per heavy atom. The number of pyridine rings is 1. The lowest BCUT2D eigenvalue weighted by molar-refractivity contribution is 0.0914. The number of benzene rings is 1. The quantitative estimate of drug-likeness (QED) is 0.773. The Balaban J connectivity index is 1.68. The third-order valence-electron chi connectivity index (χ3n) is 3.40. The van der Waals surface area contributed by atoms with Crippen LogP contribution in [0.15, 0.2) is 55.1 Å². The zero-order chi connectivity index (χ0) is 15.5. The second kappa shape index (κ2) is 5.95. The lowest BCUT2D eigenvalue weighted by Crippen LogP contribution is -2.28. The monoisotopic (exact) mass is 299 g/mol. The van der Waals surface area contributed by atoms with Crippen LogP contribution in [0.4, 0.5) is 4.39 Å². The number of hydrogen-bond donors (Lipinski definition) is 2. The average Bonchev–Trinajstić information content (AvgIpc) is 3.00. The van der Waals surface area contributed by atoms with Crippen molar-refractivity contribution in [2.45, 2.75) is 6.10 Å². The highest BCUT2D eigenvalue weighted by Crippen LogP contribution is 2.16. The molecule has 1 unspecified atom stereocenters. The van der Waals surface area contributed by atoms with Gasteiger partial charge in [0.05, 0.1) is 24.1 Å². The van der Waals surface area contributed by atoms with E-state index >= 15 is 0 Å². The summed E-state index contributed by atoms with van der Waals surface area (Å²) in [6, 6.07) is 9.29. The number of rotatable bonds is 4. The van der Waals surface area contributed by atoms with Gasteiger partial charge in [-0.1, -0.05) is 18.2 Å². The van der Waals surface area contributed by atoms with Gasteiger partial charge in [0.1, 0.15) is 5.82 Å². The fourth-order valence-electron chi connectivity index (χ4n) is 2.21. The van der Waals surface area contributed by atoms with Gasteiger partial charge in [-0.15, -0.1) is 0 Å². The third kappa shape index (κ3) is 2.82. The van der Waals surface area contributed by atoms with E-state index in [0.717, 1.165) is 5.52 Å². The minimum Gasteiger partial charge on any atom is -0.386 e. The van der Waals surface area contributed by atoms with Crippen molar-refractivity contribution in [1.29, 1.82) is 0 Å². The Morgan fingerprint density at radius 1 is 1.36 bits per heavy atom. The first-order valence-corrected chi connectivity index (χ1v) is 6.77. The standard InChI is InChI=1S/C16H14FN3O2/c17-14-4-2-1-3-13(14)15(21)9-19-16(22)11-5-6-20-10-18-8-12(20)7-11/h1-8,10,15,21H,9H2,(H,19,22). The Labute approximate surface area is 126 Å². The number of imidazole rings is 1. The molecule has 0 saturated heterocycles. The van der Waals surface area contributed by atoms with Gasteiger partial charge >= 0.3 is 0 Å². The van der Waals surface area contributed by atoms with Gasteiger partial charge < -0.3 is 14.8 Å². The molecule has 0 bridgehead atoms. The van der Waals surface area contributed by atoms with Crippen molar-refractivity contribution in [3.8, 4) is 0 Å². The Bertz CT molecular complexity index is 816. The van der Waals surface area contributed by atoms with E-state index in [1.807, 2.05) is 0 Å². The van der Waals surface area contributed by atoms with Gasteiger partial charge in [0.15, 0.2) is 0 Å². The van der Waals surface area contributed by atoms with Crippen molar-refractivity contribution in [3.63, 3.8) is 0 Å². The largest absolute Gasteiger partial charge is 0.386 e. The highest BCUT2D eigenvalue weighted by molar-refractivity contribution is 5.95. The van der Waals surface area contributed by atoms with Crippen LogP contribution in [0, 0.1) is 5.82 Å². The van der Waals surface area contributed by atoms with Crippen molar-refractivity contribution in [2.75, 3.05) is 6.54 Å². The molecule has 1 atom stereocenters. The van der Waals surface area contributed by atoms with Crippen molar-refractivity contribution in [1.82, 2.24) is 14.7 Å². The molecule has 0 aliphatic carbocycles. The normalized spacial score (nSPS) is 12.3. The van der Waals surface area contributed by atoms with Crippen LogP contribution < -0.4 is 5.32 Å². The molecule has 6 heteroatoms. The molecule has 2 heterocycles. The van der Waals surface area contributed by atoms with Crippen LogP contribution in [0.3, 0.4) is 0 Å². The van der Waals surface area contributed by atoms with Gasteiger partial charge in [-0.25, -0.2) is 9.37 Å². The molecule has 0 spiro atoms. The van der Waals surface area contributed by atoms with Crippen LogP contribution in [0.1, 0.15) is 22.0 Å². The smallest absolute Gasteiger partial charge is 0.251 e. The molecule has 3 rings (SSSR count). The van der Waals surface area contributed by atoms with E-state index < -0.39 is 11.9 Å². The summed E-state index contributed by atoms with van der Waals surface area (Å²) >= 11 is 0. The van der Waals surface area contributed by atoms with E-state index in [4.69, 9.17) is 0 Å². The summed E-state index contributed by atoms with van der Waals surface area (Å²) in [5.74, 6) is -0.830. The predicted molar refractivity (Wildman–Crippen MR) is 78.9 cm³/mol. The van der Waals surface area contributed by atoms with E-state index in [1.165, 1.54) is 12.1 Å². The number of carbonyl (C=O) groups excluding carboxylic acids is 1. The van der Waals surface area contributed by atoms with Crippen molar-refractivity contribution in [3.05, 3.63) is 72.1 Å². The number of fused-ring (bicyclic) bond motifs is 1. The molecular formula is C16H14FN3O2. The SMILES string of the molecule is O=C(NCC(O)c1ccccc1F)c1ccn2cncc2c1. The second-order valence-electron chi connectivity index (χ2n) is 4.89. The van der Waals surface area contributed by atoms with Crippen LogP contribution >= 0.6 is 0 Å². The molecule has 112 valence electrons. The third-order valence-corrected chi connectivity index (χ3v) is 3.40. The summed E-state index contributed by atoms with van der Waals surface area (Å²) in [5, 5.41) is 12.6. The summed E-state index contributed by atoms with van der Waals surface area (Å²) in [6.07, 6.45) is 3.91. The average molecular weight is 299 g/mol. The van der Waals surface area contributed by atoms with Crippen molar-refractivity contribution in [2.24, 2.45) is 0 Å². The molecule has 22 heavy (non-hydrogen) atoms. The van der Waals surface area contributed by atoms with Gasteiger partial charge in [-0.05, 0) is 18.2 Å². The number of carbonyl (C=O) groups is 1. The minimum absolute atomic E-state index is 0.0653. The van der Waals surface area contributed by atoms with E-state index in [1.54, 1.807) is 47.4 Å². The van der Waals surface area contributed by atoms with Crippen LogP contribution in [-0.2, 0) is 0 Å². The minimum atomic E-state index is -1.09.